The van der Waals surface area contributed by atoms with Crippen molar-refractivity contribution in [2.75, 3.05) is 10.6 Å². The topological polar surface area (TPSA) is 124 Å². The zero-order valence-electron chi connectivity index (χ0n) is 20.6. The summed E-state index contributed by atoms with van der Waals surface area (Å²) < 4.78 is 11.4. The molecule has 0 aromatic heterocycles. The third kappa shape index (κ3) is 4.85. The Morgan fingerprint density at radius 3 is 2.61 bits per heavy atom. The number of carbonyl (C=O) groups is 1. The van der Waals surface area contributed by atoms with E-state index < -0.39 is 6.10 Å². The number of fused-ring (bicyclic) bond motifs is 2. The summed E-state index contributed by atoms with van der Waals surface area (Å²) >= 11 is 0. The number of amidine groups is 1. The SMILES string of the molecule is CC1Oc2ccc(NC(C)c3cccc(CC(N)c4ccc5c(c4)N=C(N)C(C)O5)c3)cc2NC1=O. The average Bonchev–Trinajstić information content (AvgIpc) is 2.85. The summed E-state index contributed by atoms with van der Waals surface area (Å²) in [6, 6.07) is 19.8. The lowest BCUT2D eigenvalue weighted by Gasteiger charge is -2.24. The van der Waals surface area contributed by atoms with Crippen molar-refractivity contribution >= 4 is 28.8 Å². The highest BCUT2D eigenvalue weighted by Crippen LogP contribution is 2.35. The zero-order valence-corrected chi connectivity index (χ0v) is 20.6. The predicted molar refractivity (Wildman–Crippen MR) is 142 cm³/mol. The van der Waals surface area contributed by atoms with Crippen molar-refractivity contribution < 1.29 is 14.3 Å². The Morgan fingerprint density at radius 1 is 1.00 bits per heavy atom. The maximum absolute atomic E-state index is 12.0. The molecule has 0 aliphatic carbocycles. The van der Waals surface area contributed by atoms with Gasteiger partial charge in [0.25, 0.3) is 5.91 Å². The van der Waals surface area contributed by atoms with Gasteiger partial charge in [-0.05, 0) is 74.2 Å². The van der Waals surface area contributed by atoms with E-state index in [2.05, 4.69) is 40.7 Å². The molecule has 0 saturated carbocycles. The van der Waals surface area contributed by atoms with Gasteiger partial charge in [0.1, 0.15) is 23.0 Å². The minimum Gasteiger partial charge on any atom is -0.481 e. The van der Waals surface area contributed by atoms with Crippen LogP contribution in [-0.4, -0.2) is 24.0 Å². The van der Waals surface area contributed by atoms with Crippen molar-refractivity contribution in [2.24, 2.45) is 16.5 Å². The molecule has 5 rings (SSSR count). The third-order valence-corrected chi connectivity index (χ3v) is 6.58. The smallest absolute Gasteiger partial charge is 0.265 e. The lowest BCUT2D eigenvalue weighted by atomic mass is 9.96. The molecule has 3 aromatic carbocycles. The molecule has 0 saturated heterocycles. The molecule has 1 amide bonds. The van der Waals surface area contributed by atoms with E-state index >= 15 is 0 Å². The number of ether oxygens (including phenoxy) is 2. The number of hydrogen-bond donors (Lipinski definition) is 4. The molecule has 3 aromatic rings. The zero-order chi connectivity index (χ0) is 25.4. The van der Waals surface area contributed by atoms with Crippen molar-refractivity contribution in [3.8, 4) is 11.5 Å². The maximum atomic E-state index is 12.0. The largest absolute Gasteiger partial charge is 0.481 e. The van der Waals surface area contributed by atoms with Gasteiger partial charge in [0.15, 0.2) is 12.2 Å². The summed E-state index contributed by atoms with van der Waals surface area (Å²) in [7, 11) is 0. The van der Waals surface area contributed by atoms with E-state index in [4.69, 9.17) is 20.9 Å². The second kappa shape index (κ2) is 9.54. The van der Waals surface area contributed by atoms with Crippen molar-refractivity contribution in [1.29, 1.82) is 0 Å². The van der Waals surface area contributed by atoms with Gasteiger partial charge in [-0.1, -0.05) is 30.3 Å². The number of rotatable bonds is 6. The Kier molecular flexibility index (Phi) is 6.28. The van der Waals surface area contributed by atoms with Crippen LogP contribution in [0.3, 0.4) is 0 Å². The fourth-order valence-corrected chi connectivity index (χ4v) is 4.43. The van der Waals surface area contributed by atoms with Crippen LogP contribution in [0.4, 0.5) is 17.1 Å². The Hall–Kier alpha value is -4.04. The van der Waals surface area contributed by atoms with E-state index in [1.165, 1.54) is 0 Å². The van der Waals surface area contributed by atoms with Crippen molar-refractivity contribution in [3.05, 3.63) is 77.4 Å². The van der Waals surface area contributed by atoms with Crippen molar-refractivity contribution in [3.63, 3.8) is 0 Å². The summed E-state index contributed by atoms with van der Waals surface area (Å²) in [5.41, 5.74) is 18.1. The first-order chi connectivity index (χ1) is 17.3. The normalized spacial score (nSPS) is 20.0. The second-order valence-corrected chi connectivity index (χ2v) is 9.41. The molecule has 186 valence electrons. The number of anilines is 2. The van der Waals surface area contributed by atoms with Crippen molar-refractivity contribution in [1.82, 2.24) is 0 Å². The van der Waals surface area contributed by atoms with E-state index in [1.807, 2.05) is 49.4 Å². The van der Waals surface area contributed by atoms with E-state index in [1.54, 1.807) is 6.92 Å². The van der Waals surface area contributed by atoms with Gasteiger partial charge in [-0.2, -0.15) is 0 Å². The van der Waals surface area contributed by atoms with Crippen LogP contribution in [-0.2, 0) is 11.2 Å². The van der Waals surface area contributed by atoms with Crippen molar-refractivity contribution in [2.45, 2.75) is 51.5 Å². The standard InChI is InChI=1S/C28H31N5O3/c1-15(31-21-8-10-26-24(14-21)33-28(34)17(3)36-26)19-6-4-5-18(11-19)12-22(29)20-7-9-25-23(13-20)32-27(30)16(2)35-25/h4-11,13-17,22,31H,12,29H2,1-3H3,(H2,30,32)(H,33,34). The second-order valence-electron chi connectivity index (χ2n) is 9.41. The van der Waals surface area contributed by atoms with Gasteiger partial charge in [-0.3, -0.25) is 4.79 Å². The number of nitrogens with zero attached hydrogens (tertiary/aromatic N) is 1. The fraction of sp³-hybridized carbons (Fsp3) is 0.286. The fourth-order valence-electron chi connectivity index (χ4n) is 4.43. The van der Waals surface area contributed by atoms with Crippen LogP contribution in [0.25, 0.3) is 0 Å². The Morgan fingerprint density at radius 2 is 1.78 bits per heavy atom. The number of nitrogens with one attached hydrogen (secondary N) is 2. The highest BCUT2D eigenvalue weighted by atomic mass is 16.5. The van der Waals surface area contributed by atoms with Crippen LogP contribution in [0.1, 0.15) is 49.5 Å². The van der Waals surface area contributed by atoms with Crippen LogP contribution in [0.5, 0.6) is 11.5 Å². The molecule has 2 aliphatic heterocycles. The van der Waals surface area contributed by atoms with Gasteiger partial charge in [0.05, 0.1) is 5.69 Å². The summed E-state index contributed by atoms with van der Waals surface area (Å²) in [5.74, 6) is 1.71. The number of benzene rings is 3. The molecule has 36 heavy (non-hydrogen) atoms. The molecular formula is C28H31N5O3. The number of hydrogen-bond acceptors (Lipinski definition) is 7. The quantitative estimate of drug-likeness (QED) is 0.405. The summed E-state index contributed by atoms with van der Waals surface area (Å²) in [5, 5.41) is 6.40. The number of nitrogens with two attached hydrogens (primary N) is 2. The minimum atomic E-state index is -0.492. The first-order valence-electron chi connectivity index (χ1n) is 12.1. The monoisotopic (exact) mass is 485 g/mol. The van der Waals surface area contributed by atoms with Crippen LogP contribution in [0, 0.1) is 0 Å². The van der Waals surface area contributed by atoms with E-state index in [-0.39, 0.29) is 24.1 Å². The molecule has 0 fully saturated rings. The molecule has 6 N–H and O–H groups in total. The molecule has 0 radical (unpaired) electrons. The maximum Gasteiger partial charge on any atom is 0.265 e. The molecule has 4 atom stereocenters. The summed E-state index contributed by atoms with van der Waals surface area (Å²) in [6.07, 6.45) is -0.0445. The highest BCUT2D eigenvalue weighted by Gasteiger charge is 2.24. The van der Waals surface area contributed by atoms with E-state index in [9.17, 15) is 4.79 Å². The predicted octanol–water partition coefficient (Wildman–Crippen LogP) is 4.59. The molecule has 0 spiro atoms. The molecule has 8 heteroatoms. The Balaban J connectivity index is 1.27. The van der Waals surface area contributed by atoms with Gasteiger partial charge >= 0.3 is 0 Å². The van der Waals surface area contributed by atoms with Crippen LogP contribution in [0.2, 0.25) is 0 Å². The van der Waals surface area contributed by atoms with Gasteiger partial charge < -0.3 is 31.6 Å². The summed E-state index contributed by atoms with van der Waals surface area (Å²) in [4.78, 5) is 16.4. The Labute approximate surface area is 210 Å². The number of aliphatic imine (C=N–C) groups is 1. The van der Waals surface area contributed by atoms with Crippen LogP contribution >= 0.6 is 0 Å². The molecule has 0 bridgehead atoms. The first kappa shape index (κ1) is 23.7. The molecule has 2 aliphatic rings. The van der Waals surface area contributed by atoms with Gasteiger partial charge in [0.2, 0.25) is 0 Å². The molecule has 4 unspecified atom stereocenters. The summed E-state index contributed by atoms with van der Waals surface area (Å²) in [6.45, 7) is 5.71. The molecule has 2 heterocycles. The highest BCUT2D eigenvalue weighted by molar-refractivity contribution is 5.98. The van der Waals surface area contributed by atoms with Gasteiger partial charge in [-0.15, -0.1) is 0 Å². The lowest BCUT2D eigenvalue weighted by molar-refractivity contribution is -0.122. The van der Waals surface area contributed by atoms with Gasteiger partial charge in [-0.25, -0.2) is 4.99 Å². The Bertz CT molecular complexity index is 1340. The van der Waals surface area contributed by atoms with Crippen LogP contribution < -0.4 is 31.6 Å². The minimum absolute atomic E-state index is 0.0403. The average molecular weight is 486 g/mol. The number of carbonyl (C=O) groups excluding carboxylic acids is 1. The number of amides is 1. The lowest BCUT2D eigenvalue weighted by Crippen LogP contribution is -2.34. The molecular weight excluding hydrogens is 454 g/mol. The van der Waals surface area contributed by atoms with E-state index in [0.717, 1.165) is 28.1 Å². The molecule has 8 nitrogen and oxygen atoms in total. The van der Waals surface area contributed by atoms with Gasteiger partial charge in [0, 0.05) is 17.8 Å². The van der Waals surface area contributed by atoms with E-state index in [0.29, 0.717) is 29.4 Å². The third-order valence-electron chi connectivity index (χ3n) is 6.58. The first-order valence-corrected chi connectivity index (χ1v) is 12.1. The van der Waals surface area contributed by atoms with Crippen LogP contribution in [0.15, 0.2) is 65.7 Å².